The zero-order valence-electron chi connectivity index (χ0n) is 11.7. The summed E-state index contributed by atoms with van der Waals surface area (Å²) in [5.41, 5.74) is 1.34. The molecule has 1 saturated heterocycles. The first-order chi connectivity index (χ1) is 8.79. The molecule has 1 N–H and O–H groups in total. The maximum absolute atomic E-state index is 4.22. The molecule has 1 fully saturated rings. The Morgan fingerprint density at radius 1 is 1.50 bits per heavy atom. The van der Waals surface area contributed by atoms with E-state index in [4.69, 9.17) is 0 Å². The lowest BCUT2D eigenvalue weighted by molar-refractivity contribution is 0.174. The van der Waals surface area contributed by atoms with Crippen LogP contribution in [0.25, 0.3) is 0 Å². The van der Waals surface area contributed by atoms with Crippen molar-refractivity contribution in [2.24, 2.45) is 13.0 Å². The summed E-state index contributed by atoms with van der Waals surface area (Å²) in [6, 6.07) is 2.13. The van der Waals surface area contributed by atoms with Crippen molar-refractivity contribution in [3.8, 4) is 0 Å². The normalized spacial score (nSPS) is 21.3. The highest BCUT2D eigenvalue weighted by molar-refractivity contribution is 5.00. The van der Waals surface area contributed by atoms with Crippen LogP contribution in [0.15, 0.2) is 12.3 Å². The van der Waals surface area contributed by atoms with Gasteiger partial charge in [0, 0.05) is 38.4 Å². The molecule has 1 unspecified atom stereocenters. The van der Waals surface area contributed by atoms with E-state index in [-0.39, 0.29) is 0 Å². The van der Waals surface area contributed by atoms with Gasteiger partial charge in [-0.15, -0.1) is 0 Å². The van der Waals surface area contributed by atoms with Gasteiger partial charge >= 0.3 is 0 Å². The Morgan fingerprint density at radius 2 is 2.39 bits per heavy atom. The van der Waals surface area contributed by atoms with Crippen molar-refractivity contribution >= 4 is 0 Å². The fourth-order valence-electron chi connectivity index (χ4n) is 2.79. The standard InChI is InChI=1S/C14H26N4/c1-3-15-11-13-5-4-9-18(12-13)10-7-14-6-8-16-17(14)2/h6,8,13,15H,3-5,7,9-12H2,1-2H3. The van der Waals surface area contributed by atoms with Crippen molar-refractivity contribution in [3.05, 3.63) is 18.0 Å². The van der Waals surface area contributed by atoms with E-state index in [2.05, 4.69) is 28.3 Å². The van der Waals surface area contributed by atoms with Gasteiger partial charge in [-0.05, 0) is 44.5 Å². The van der Waals surface area contributed by atoms with Crippen LogP contribution in [-0.2, 0) is 13.5 Å². The third-order valence-corrected chi connectivity index (χ3v) is 3.89. The molecule has 1 aromatic heterocycles. The number of hydrogen-bond acceptors (Lipinski definition) is 3. The van der Waals surface area contributed by atoms with Crippen LogP contribution in [0.2, 0.25) is 0 Å². The molecule has 2 rings (SSSR count). The molecule has 0 radical (unpaired) electrons. The topological polar surface area (TPSA) is 33.1 Å². The van der Waals surface area contributed by atoms with Crippen molar-refractivity contribution < 1.29 is 0 Å². The average Bonchev–Trinajstić information content (AvgIpc) is 2.80. The molecule has 4 heteroatoms. The second-order valence-corrected chi connectivity index (χ2v) is 5.31. The maximum Gasteiger partial charge on any atom is 0.0492 e. The smallest absolute Gasteiger partial charge is 0.0492 e. The largest absolute Gasteiger partial charge is 0.317 e. The van der Waals surface area contributed by atoms with Crippen LogP contribution in [0.3, 0.4) is 0 Å². The number of nitrogens with one attached hydrogen (secondary N) is 1. The zero-order valence-corrected chi connectivity index (χ0v) is 11.7. The Bertz CT molecular complexity index is 347. The maximum atomic E-state index is 4.22. The van der Waals surface area contributed by atoms with Crippen molar-refractivity contribution in [2.75, 3.05) is 32.7 Å². The van der Waals surface area contributed by atoms with Crippen LogP contribution in [0.4, 0.5) is 0 Å². The molecule has 18 heavy (non-hydrogen) atoms. The van der Waals surface area contributed by atoms with Crippen molar-refractivity contribution in [1.82, 2.24) is 20.0 Å². The summed E-state index contributed by atoms with van der Waals surface area (Å²) in [7, 11) is 2.03. The fourth-order valence-corrected chi connectivity index (χ4v) is 2.79. The summed E-state index contributed by atoms with van der Waals surface area (Å²) in [4.78, 5) is 2.61. The molecule has 0 amide bonds. The lowest BCUT2D eigenvalue weighted by atomic mass is 9.98. The summed E-state index contributed by atoms with van der Waals surface area (Å²) in [6.07, 6.45) is 5.74. The van der Waals surface area contributed by atoms with E-state index < -0.39 is 0 Å². The summed E-state index contributed by atoms with van der Waals surface area (Å²) in [5, 5.41) is 7.70. The van der Waals surface area contributed by atoms with Gasteiger partial charge in [0.05, 0.1) is 0 Å². The van der Waals surface area contributed by atoms with Gasteiger partial charge in [0.1, 0.15) is 0 Å². The number of rotatable bonds is 6. The first kappa shape index (κ1) is 13.6. The van der Waals surface area contributed by atoms with E-state index in [1.165, 1.54) is 44.7 Å². The Labute approximate surface area is 110 Å². The molecule has 0 bridgehead atoms. The zero-order chi connectivity index (χ0) is 12.8. The number of aryl methyl sites for hydroxylation is 1. The molecule has 2 heterocycles. The van der Waals surface area contributed by atoms with Gasteiger partial charge in [-0.25, -0.2) is 0 Å². The molecule has 4 nitrogen and oxygen atoms in total. The van der Waals surface area contributed by atoms with Crippen molar-refractivity contribution in [1.29, 1.82) is 0 Å². The minimum Gasteiger partial charge on any atom is -0.317 e. The fraction of sp³-hybridized carbons (Fsp3) is 0.786. The molecular weight excluding hydrogens is 224 g/mol. The number of likely N-dealkylation sites (tertiary alicyclic amines) is 1. The molecule has 102 valence electrons. The van der Waals surface area contributed by atoms with Crippen molar-refractivity contribution in [3.63, 3.8) is 0 Å². The minimum absolute atomic E-state index is 0.838. The predicted molar refractivity (Wildman–Crippen MR) is 74.6 cm³/mol. The lowest BCUT2D eigenvalue weighted by Crippen LogP contribution is -2.40. The second-order valence-electron chi connectivity index (χ2n) is 5.31. The Hall–Kier alpha value is -0.870. The van der Waals surface area contributed by atoms with Crippen LogP contribution in [0, 0.1) is 5.92 Å². The molecule has 1 aliphatic heterocycles. The van der Waals surface area contributed by atoms with Gasteiger partial charge in [0.15, 0.2) is 0 Å². The van der Waals surface area contributed by atoms with Crippen molar-refractivity contribution in [2.45, 2.75) is 26.2 Å². The highest BCUT2D eigenvalue weighted by Crippen LogP contribution is 2.16. The molecule has 0 saturated carbocycles. The first-order valence-electron chi connectivity index (χ1n) is 7.19. The quantitative estimate of drug-likeness (QED) is 0.826. The molecular formula is C14H26N4. The van der Waals surface area contributed by atoms with Crippen LogP contribution >= 0.6 is 0 Å². The number of hydrogen-bond donors (Lipinski definition) is 1. The summed E-state index contributed by atoms with van der Waals surface area (Å²) in [6.45, 7) is 8.14. The molecule has 0 aromatic carbocycles. The van der Waals surface area contributed by atoms with Gasteiger partial charge < -0.3 is 10.2 Å². The van der Waals surface area contributed by atoms with E-state index in [0.717, 1.165) is 18.9 Å². The van der Waals surface area contributed by atoms with E-state index in [9.17, 15) is 0 Å². The third kappa shape index (κ3) is 3.82. The van der Waals surface area contributed by atoms with E-state index >= 15 is 0 Å². The SMILES string of the molecule is CCNCC1CCCN(CCc2ccnn2C)C1. The Balaban J connectivity index is 1.74. The molecule has 1 aliphatic rings. The number of aromatic nitrogens is 2. The monoisotopic (exact) mass is 250 g/mol. The second kappa shape index (κ2) is 6.90. The van der Waals surface area contributed by atoms with Gasteiger partial charge in [-0.1, -0.05) is 6.92 Å². The third-order valence-electron chi connectivity index (χ3n) is 3.89. The molecule has 0 aliphatic carbocycles. The molecule has 1 aromatic rings. The lowest BCUT2D eigenvalue weighted by Gasteiger charge is -2.32. The van der Waals surface area contributed by atoms with E-state index in [0.29, 0.717) is 0 Å². The Morgan fingerprint density at radius 3 is 3.11 bits per heavy atom. The molecule has 0 spiro atoms. The van der Waals surface area contributed by atoms with E-state index in [1.807, 2.05) is 17.9 Å². The summed E-state index contributed by atoms with van der Waals surface area (Å²) < 4.78 is 1.99. The van der Waals surface area contributed by atoms with Gasteiger partial charge in [0.25, 0.3) is 0 Å². The van der Waals surface area contributed by atoms with Crippen LogP contribution in [0.1, 0.15) is 25.5 Å². The van der Waals surface area contributed by atoms with E-state index in [1.54, 1.807) is 0 Å². The van der Waals surface area contributed by atoms with Gasteiger partial charge in [-0.2, -0.15) is 5.10 Å². The summed E-state index contributed by atoms with van der Waals surface area (Å²) in [5.74, 6) is 0.838. The van der Waals surface area contributed by atoms with Gasteiger partial charge in [0.2, 0.25) is 0 Å². The first-order valence-corrected chi connectivity index (χ1v) is 7.19. The molecule has 1 atom stereocenters. The van der Waals surface area contributed by atoms with Crippen LogP contribution < -0.4 is 5.32 Å². The Kier molecular flexibility index (Phi) is 5.20. The minimum atomic E-state index is 0.838. The average molecular weight is 250 g/mol. The number of piperidine rings is 1. The highest BCUT2D eigenvalue weighted by atomic mass is 15.3. The highest BCUT2D eigenvalue weighted by Gasteiger charge is 2.19. The number of nitrogens with zero attached hydrogens (tertiary/aromatic N) is 3. The predicted octanol–water partition coefficient (Wildman–Crippen LogP) is 1.28. The summed E-state index contributed by atoms with van der Waals surface area (Å²) >= 11 is 0. The van der Waals surface area contributed by atoms with Crippen LogP contribution in [-0.4, -0.2) is 47.4 Å². The van der Waals surface area contributed by atoms with Crippen LogP contribution in [0.5, 0.6) is 0 Å². The van der Waals surface area contributed by atoms with Gasteiger partial charge in [-0.3, -0.25) is 4.68 Å².